The van der Waals surface area contributed by atoms with Crippen LogP contribution < -0.4 is 5.32 Å². The van der Waals surface area contributed by atoms with Crippen molar-refractivity contribution in [3.8, 4) is 6.07 Å². The number of nitrogens with one attached hydrogen (secondary N) is 1. The van der Waals surface area contributed by atoms with E-state index in [0.717, 1.165) is 0 Å². The highest BCUT2D eigenvalue weighted by Gasteiger charge is 2.52. The Hall–Kier alpha value is -2.37. The molecule has 7 nitrogen and oxygen atoms in total. The zero-order chi connectivity index (χ0) is 21.2. The van der Waals surface area contributed by atoms with Gasteiger partial charge in [-0.05, 0) is 72.1 Å². The smallest absolute Gasteiger partial charge is 0.444 e. The molecule has 0 saturated carbocycles. The first-order valence-corrected chi connectivity index (χ1v) is 9.22. The standard InChI is InChI=1S/C20H28BN3O4/c1-18(2,3)26-17(25)24-13-15(11-16-10-14(12-22)8-9-23-16)21-27-19(4,5)20(6,7)28-21/h8-11H,13H2,1-7H3,(H,24,25). The van der Waals surface area contributed by atoms with Gasteiger partial charge < -0.3 is 19.4 Å². The second kappa shape index (κ2) is 7.94. The zero-order valence-electron chi connectivity index (χ0n) is 17.6. The summed E-state index contributed by atoms with van der Waals surface area (Å²) in [6, 6.07) is 5.39. The van der Waals surface area contributed by atoms with Crippen LogP contribution in [0.3, 0.4) is 0 Å². The number of rotatable bonds is 4. The predicted molar refractivity (Wildman–Crippen MR) is 107 cm³/mol. The summed E-state index contributed by atoms with van der Waals surface area (Å²) in [5.74, 6) is 0. The number of ether oxygens (including phenoxy) is 1. The summed E-state index contributed by atoms with van der Waals surface area (Å²) >= 11 is 0. The van der Waals surface area contributed by atoms with Crippen LogP contribution in [0.25, 0.3) is 6.08 Å². The van der Waals surface area contributed by atoms with Crippen molar-refractivity contribution < 1.29 is 18.8 Å². The molecule has 0 aromatic carbocycles. The van der Waals surface area contributed by atoms with Crippen LogP contribution in [0.5, 0.6) is 0 Å². The summed E-state index contributed by atoms with van der Waals surface area (Å²) < 4.78 is 17.5. The Balaban J connectivity index is 2.27. The normalized spacial score (nSPS) is 18.5. The van der Waals surface area contributed by atoms with Gasteiger partial charge in [0.2, 0.25) is 0 Å². The minimum atomic E-state index is -0.660. The Morgan fingerprint density at radius 1 is 1.32 bits per heavy atom. The fourth-order valence-corrected chi connectivity index (χ4v) is 2.47. The molecule has 0 radical (unpaired) electrons. The van der Waals surface area contributed by atoms with Gasteiger partial charge in [0.15, 0.2) is 0 Å². The summed E-state index contributed by atoms with van der Waals surface area (Å²) in [5.41, 5.74) is 0.104. The van der Waals surface area contributed by atoms with Gasteiger partial charge in [-0.1, -0.05) is 0 Å². The lowest BCUT2D eigenvalue weighted by atomic mass is 9.77. The highest BCUT2D eigenvalue weighted by molar-refractivity contribution is 6.56. The lowest BCUT2D eigenvalue weighted by Gasteiger charge is -2.32. The molecule has 1 N–H and O–H groups in total. The second-order valence-corrected chi connectivity index (χ2v) is 8.74. The van der Waals surface area contributed by atoms with Gasteiger partial charge in [-0.2, -0.15) is 5.26 Å². The molecule has 0 spiro atoms. The maximum atomic E-state index is 12.1. The number of aromatic nitrogens is 1. The Kier molecular flexibility index (Phi) is 6.22. The molecule has 1 fully saturated rings. The van der Waals surface area contributed by atoms with Gasteiger partial charge in [0.1, 0.15) is 5.60 Å². The number of hydrogen-bond acceptors (Lipinski definition) is 6. The van der Waals surface area contributed by atoms with E-state index in [0.29, 0.717) is 16.7 Å². The summed E-state index contributed by atoms with van der Waals surface area (Å²) in [5, 5.41) is 11.8. The molecule has 1 saturated heterocycles. The highest BCUT2D eigenvalue weighted by Crippen LogP contribution is 2.38. The number of carbonyl (C=O) groups is 1. The molecular weight excluding hydrogens is 357 g/mol. The predicted octanol–water partition coefficient (Wildman–Crippen LogP) is 3.49. The van der Waals surface area contributed by atoms with Gasteiger partial charge in [0.25, 0.3) is 0 Å². The first-order valence-electron chi connectivity index (χ1n) is 9.22. The topological polar surface area (TPSA) is 93.5 Å². The van der Waals surface area contributed by atoms with Crippen molar-refractivity contribution in [2.24, 2.45) is 0 Å². The Labute approximate surface area is 167 Å². The molecule has 1 aliphatic heterocycles. The molecule has 1 aromatic heterocycles. The van der Waals surface area contributed by atoms with E-state index in [1.54, 1.807) is 45.2 Å². The van der Waals surface area contributed by atoms with Crippen molar-refractivity contribution >= 4 is 19.3 Å². The molecule has 28 heavy (non-hydrogen) atoms. The van der Waals surface area contributed by atoms with Crippen molar-refractivity contribution in [2.75, 3.05) is 6.54 Å². The van der Waals surface area contributed by atoms with E-state index in [2.05, 4.69) is 16.4 Å². The van der Waals surface area contributed by atoms with Gasteiger partial charge >= 0.3 is 13.2 Å². The van der Waals surface area contributed by atoms with E-state index in [1.165, 1.54) is 0 Å². The molecule has 2 heterocycles. The molecule has 1 amide bonds. The Morgan fingerprint density at radius 3 is 2.46 bits per heavy atom. The minimum absolute atomic E-state index is 0.157. The number of carbonyl (C=O) groups excluding carboxylic acids is 1. The lowest BCUT2D eigenvalue weighted by Crippen LogP contribution is -2.41. The SMILES string of the molecule is CC(C)(C)OC(=O)NCC(=Cc1cc(C#N)ccn1)B1OC(C)(C)C(C)(C)O1. The number of pyridine rings is 1. The average Bonchev–Trinajstić information content (AvgIpc) is 2.77. The van der Waals surface area contributed by atoms with Gasteiger partial charge in [-0.3, -0.25) is 4.98 Å². The summed E-state index contributed by atoms with van der Waals surface area (Å²) in [6.45, 7) is 13.4. The first-order chi connectivity index (χ1) is 12.8. The molecule has 2 rings (SSSR count). The van der Waals surface area contributed by atoms with E-state index in [-0.39, 0.29) is 6.54 Å². The van der Waals surface area contributed by atoms with Gasteiger partial charge in [-0.25, -0.2) is 4.79 Å². The molecule has 0 unspecified atom stereocenters. The molecule has 0 bridgehead atoms. The molecule has 0 atom stereocenters. The number of hydrogen-bond donors (Lipinski definition) is 1. The van der Waals surface area contributed by atoms with E-state index < -0.39 is 30.0 Å². The van der Waals surface area contributed by atoms with Gasteiger partial charge in [0.05, 0.1) is 28.5 Å². The van der Waals surface area contributed by atoms with Crippen LogP contribution in [0.4, 0.5) is 4.79 Å². The monoisotopic (exact) mass is 385 g/mol. The molecule has 1 aliphatic rings. The molecule has 0 aliphatic carbocycles. The Morgan fingerprint density at radius 2 is 1.93 bits per heavy atom. The molecular formula is C20H28BN3O4. The first kappa shape index (κ1) is 21.9. The third kappa shape index (κ3) is 5.57. The lowest BCUT2D eigenvalue weighted by molar-refractivity contribution is 0.00578. The van der Waals surface area contributed by atoms with Crippen LogP contribution in [-0.4, -0.2) is 41.5 Å². The number of amides is 1. The quantitative estimate of drug-likeness (QED) is 0.798. The van der Waals surface area contributed by atoms with Crippen LogP contribution in [0.2, 0.25) is 0 Å². The van der Waals surface area contributed by atoms with Crippen LogP contribution in [-0.2, 0) is 14.0 Å². The van der Waals surface area contributed by atoms with Crippen LogP contribution >= 0.6 is 0 Å². The van der Waals surface area contributed by atoms with Gasteiger partial charge in [-0.15, -0.1) is 0 Å². The molecule has 150 valence electrons. The van der Waals surface area contributed by atoms with Crippen LogP contribution in [0, 0.1) is 11.3 Å². The van der Waals surface area contributed by atoms with E-state index in [1.807, 2.05) is 27.7 Å². The van der Waals surface area contributed by atoms with Crippen molar-refractivity contribution in [2.45, 2.75) is 65.3 Å². The summed E-state index contributed by atoms with van der Waals surface area (Å²) in [4.78, 5) is 16.4. The minimum Gasteiger partial charge on any atom is -0.444 e. The van der Waals surface area contributed by atoms with Crippen molar-refractivity contribution in [1.82, 2.24) is 10.3 Å². The van der Waals surface area contributed by atoms with E-state index >= 15 is 0 Å². The van der Waals surface area contributed by atoms with Crippen molar-refractivity contribution in [3.63, 3.8) is 0 Å². The average molecular weight is 385 g/mol. The molecule has 8 heteroatoms. The maximum absolute atomic E-state index is 12.1. The third-order valence-corrected chi connectivity index (χ3v) is 4.64. The number of nitriles is 1. The second-order valence-electron chi connectivity index (χ2n) is 8.74. The molecule has 1 aromatic rings. The van der Waals surface area contributed by atoms with E-state index in [4.69, 9.17) is 19.3 Å². The van der Waals surface area contributed by atoms with Crippen molar-refractivity contribution in [3.05, 3.63) is 35.1 Å². The van der Waals surface area contributed by atoms with Crippen LogP contribution in [0.15, 0.2) is 23.8 Å². The largest absolute Gasteiger partial charge is 0.492 e. The van der Waals surface area contributed by atoms with Gasteiger partial charge in [0, 0.05) is 12.7 Å². The number of alkyl carbamates (subject to hydrolysis) is 1. The summed E-state index contributed by atoms with van der Waals surface area (Å²) in [6.07, 6.45) is 2.79. The highest BCUT2D eigenvalue weighted by atomic mass is 16.7. The zero-order valence-corrected chi connectivity index (χ0v) is 17.6. The number of nitrogens with zero attached hydrogens (tertiary/aromatic N) is 2. The van der Waals surface area contributed by atoms with Crippen molar-refractivity contribution in [1.29, 1.82) is 5.26 Å². The summed E-state index contributed by atoms with van der Waals surface area (Å²) in [7, 11) is -0.660. The van der Waals surface area contributed by atoms with Crippen LogP contribution in [0.1, 0.15) is 59.7 Å². The Bertz CT molecular complexity index is 790. The third-order valence-electron chi connectivity index (χ3n) is 4.64. The fraction of sp³-hybridized carbons (Fsp3) is 0.550. The maximum Gasteiger partial charge on any atom is 0.492 e. The van der Waals surface area contributed by atoms with E-state index in [9.17, 15) is 4.79 Å². The fourth-order valence-electron chi connectivity index (χ4n) is 2.47.